The van der Waals surface area contributed by atoms with Gasteiger partial charge in [-0.1, -0.05) is 0 Å². The number of ether oxygens (including phenoxy) is 1. The number of nitrogens with one attached hydrogen (secondary N) is 1. The summed E-state index contributed by atoms with van der Waals surface area (Å²) in [6, 6.07) is 0. The van der Waals surface area contributed by atoms with Gasteiger partial charge in [-0.15, -0.1) is 11.3 Å². The van der Waals surface area contributed by atoms with Crippen molar-refractivity contribution in [3.05, 3.63) is 15.8 Å². The van der Waals surface area contributed by atoms with E-state index >= 15 is 0 Å². The highest BCUT2D eigenvalue weighted by molar-refractivity contribution is 7.10. The molecule has 0 saturated carbocycles. The van der Waals surface area contributed by atoms with Crippen LogP contribution >= 0.6 is 11.3 Å². The van der Waals surface area contributed by atoms with Gasteiger partial charge in [0.2, 0.25) is 0 Å². The first-order valence-electron chi connectivity index (χ1n) is 4.53. The molecule has 0 unspecified atom stereocenters. The summed E-state index contributed by atoms with van der Waals surface area (Å²) < 4.78 is 4.98. The average molecular weight is 199 g/mol. The molecule has 1 N–H and O–H groups in total. The van der Waals surface area contributed by atoms with Crippen molar-refractivity contribution >= 4 is 17.0 Å². The highest BCUT2D eigenvalue weighted by Gasteiger charge is 2.02. The zero-order valence-corrected chi connectivity index (χ0v) is 9.33. The Hall–Kier alpha value is -0.540. The van der Waals surface area contributed by atoms with E-state index in [1.165, 1.54) is 16.1 Å². The van der Waals surface area contributed by atoms with Crippen LogP contribution in [0.15, 0.2) is 5.38 Å². The van der Waals surface area contributed by atoms with Crippen LogP contribution < -0.4 is 5.32 Å². The fourth-order valence-electron chi connectivity index (χ4n) is 1.27. The number of aryl methyl sites for hydroxylation is 2. The third kappa shape index (κ3) is 3.01. The summed E-state index contributed by atoms with van der Waals surface area (Å²) in [6.45, 7) is 6.11. The maximum absolute atomic E-state index is 4.98. The Morgan fingerprint density at radius 2 is 2.23 bits per heavy atom. The van der Waals surface area contributed by atoms with Crippen molar-refractivity contribution < 1.29 is 4.74 Å². The number of hydrogen-bond donors (Lipinski definition) is 1. The predicted octanol–water partition coefficient (Wildman–Crippen LogP) is 2.81. The highest BCUT2D eigenvalue weighted by atomic mass is 32.1. The molecule has 0 spiro atoms. The molecule has 0 bridgehead atoms. The van der Waals surface area contributed by atoms with Crippen molar-refractivity contribution in [2.24, 2.45) is 0 Å². The third-order valence-corrected chi connectivity index (χ3v) is 3.01. The van der Waals surface area contributed by atoms with E-state index in [9.17, 15) is 0 Å². The number of rotatable bonds is 5. The van der Waals surface area contributed by atoms with Crippen LogP contribution in [0.5, 0.6) is 0 Å². The Morgan fingerprint density at radius 3 is 2.77 bits per heavy atom. The van der Waals surface area contributed by atoms with Gasteiger partial charge < -0.3 is 10.1 Å². The van der Waals surface area contributed by atoms with Gasteiger partial charge in [-0.2, -0.15) is 0 Å². The Kier molecular flexibility index (Phi) is 4.25. The molecule has 0 saturated heterocycles. The second-order valence-corrected chi connectivity index (χ2v) is 4.21. The summed E-state index contributed by atoms with van der Waals surface area (Å²) in [5.74, 6) is 0. The van der Waals surface area contributed by atoms with Crippen molar-refractivity contribution in [2.75, 3.05) is 25.6 Å². The Balaban J connectivity index is 2.36. The van der Waals surface area contributed by atoms with Crippen LogP contribution in [0.2, 0.25) is 0 Å². The van der Waals surface area contributed by atoms with Crippen LogP contribution in [0, 0.1) is 13.8 Å². The molecular weight excluding hydrogens is 182 g/mol. The van der Waals surface area contributed by atoms with E-state index in [0.29, 0.717) is 0 Å². The fraction of sp³-hybridized carbons (Fsp3) is 0.600. The van der Waals surface area contributed by atoms with Gasteiger partial charge in [0.15, 0.2) is 0 Å². The number of anilines is 1. The highest BCUT2D eigenvalue weighted by Crippen LogP contribution is 2.25. The zero-order chi connectivity index (χ0) is 9.68. The Bertz CT molecular complexity index is 238. The molecule has 0 amide bonds. The smallest absolute Gasteiger partial charge is 0.0508 e. The molecule has 0 aliphatic carbocycles. The standard InChI is InChI=1S/C10H17NOS/c1-8-7-13-9(2)10(8)11-5-4-6-12-3/h7,11H,4-6H2,1-3H3. The van der Waals surface area contributed by atoms with Crippen molar-refractivity contribution in [3.8, 4) is 0 Å². The van der Waals surface area contributed by atoms with Gasteiger partial charge in [0.05, 0.1) is 5.69 Å². The van der Waals surface area contributed by atoms with E-state index in [2.05, 4.69) is 24.5 Å². The molecule has 1 rings (SSSR count). The van der Waals surface area contributed by atoms with Gasteiger partial charge in [0, 0.05) is 25.1 Å². The minimum absolute atomic E-state index is 0.829. The summed E-state index contributed by atoms with van der Waals surface area (Å²) >= 11 is 1.80. The molecule has 2 nitrogen and oxygen atoms in total. The molecule has 3 heteroatoms. The maximum Gasteiger partial charge on any atom is 0.0508 e. The van der Waals surface area contributed by atoms with Crippen LogP contribution in [0.3, 0.4) is 0 Å². The summed E-state index contributed by atoms with van der Waals surface area (Å²) in [5.41, 5.74) is 2.65. The van der Waals surface area contributed by atoms with E-state index < -0.39 is 0 Å². The summed E-state index contributed by atoms with van der Waals surface area (Å²) in [5, 5.41) is 5.61. The molecule has 0 aliphatic heterocycles. The van der Waals surface area contributed by atoms with Crippen molar-refractivity contribution in [3.63, 3.8) is 0 Å². The lowest BCUT2D eigenvalue weighted by Gasteiger charge is -2.06. The molecule has 0 aromatic carbocycles. The molecular formula is C10H17NOS. The molecule has 0 atom stereocenters. The van der Waals surface area contributed by atoms with Gasteiger partial charge >= 0.3 is 0 Å². The lowest BCUT2D eigenvalue weighted by Crippen LogP contribution is -2.05. The van der Waals surface area contributed by atoms with E-state index in [1.807, 2.05) is 0 Å². The topological polar surface area (TPSA) is 21.3 Å². The van der Waals surface area contributed by atoms with E-state index in [4.69, 9.17) is 4.74 Å². The third-order valence-electron chi connectivity index (χ3n) is 1.99. The first-order chi connectivity index (χ1) is 6.25. The molecule has 1 heterocycles. The second kappa shape index (κ2) is 5.25. The minimum Gasteiger partial charge on any atom is -0.385 e. The normalized spacial score (nSPS) is 10.4. The summed E-state index contributed by atoms with van der Waals surface area (Å²) in [7, 11) is 1.74. The van der Waals surface area contributed by atoms with Crippen molar-refractivity contribution in [2.45, 2.75) is 20.3 Å². The van der Waals surface area contributed by atoms with E-state index in [1.54, 1.807) is 18.4 Å². The van der Waals surface area contributed by atoms with Crippen LogP contribution in [-0.2, 0) is 4.74 Å². The Morgan fingerprint density at radius 1 is 1.46 bits per heavy atom. The van der Waals surface area contributed by atoms with Crippen molar-refractivity contribution in [1.29, 1.82) is 0 Å². The first kappa shape index (κ1) is 10.5. The Labute approximate surface area is 83.9 Å². The molecule has 13 heavy (non-hydrogen) atoms. The predicted molar refractivity (Wildman–Crippen MR) is 58.8 cm³/mol. The molecule has 74 valence electrons. The second-order valence-electron chi connectivity index (χ2n) is 3.12. The van der Waals surface area contributed by atoms with Gasteiger partial charge in [-0.25, -0.2) is 0 Å². The number of thiophene rings is 1. The van der Waals surface area contributed by atoms with Crippen LogP contribution in [0.4, 0.5) is 5.69 Å². The minimum atomic E-state index is 0.829. The number of methoxy groups -OCH3 is 1. The van der Waals surface area contributed by atoms with Gasteiger partial charge in [0.25, 0.3) is 0 Å². The molecule has 1 aromatic rings. The molecule has 1 aromatic heterocycles. The quantitative estimate of drug-likeness (QED) is 0.736. The summed E-state index contributed by atoms with van der Waals surface area (Å²) in [6.07, 6.45) is 1.06. The monoisotopic (exact) mass is 199 g/mol. The molecule has 0 aliphatic rings. The number of hydrogen-bond acceptors (Lipinski definition) is 3. The van der Waals surface area contributed by atoms with E-state index in [0.717, 1.165) is 19.6 Å². The summed E-state index contributed by atoms with van der Waals surface area (Å²) in [4.78, 5) is 1.37. The zero-order valence-electron chi connectivity index (χ0n) is 8.52. The van der Waals surface area contributed by atoms with Gasteiger partial charge in [0.1, 0.15) is 0 Å². The lowest BCUT2D eigenvalue weighted by atomic mass is 10.3. The van der Waals surface area contributed by atoms with Crippen molar-refractivity contribution in [1.82, 2.24) is 0 Å². The van der Waals surface area contributed by atoms with E-state index in [-0.39, 0.29) is 0 Å². The first-order valence-corrected chi connectivity index (χ1v) is 5.41. The van der Waals surface area contributed by atoms with Crippen LogP contribution in [0.1, 0.15) is 16.9 Å². The van der Waals surface area contributed by atoms with Crippen LogP contribution in [-0.4, -0.2) is 20.3 Å². The fourth-order valence-corrected chi connectivity index (χ4v) is 2.09. The maximum atomic E-state index is 4.98. The van der Waals surface area contributed by atoms with Gasteiger partial charge in [-0.05, 0) is 31.2 Å². The SMILES string of the molecule is COCCCNc1c(C)csc1C. The molecule has 0 radical (unpaired) electrons. The molecule has 0 fully saturated rings. The average Bonchev–Trinajstić information content (AvgIpc) is 2.42. The largest absolute Gasteiger partial charge is 0.385 e. The van der Waals surface area contributed by atoms with Gasteiger partial charge in [-0.3, -0.25) is 0 Å². The lowest BCUT2D eigenvalue weighted by molar-refractivity contribution is 0.198. The van der Waals surface area contributed by atoms with Crippen LogP contribution in [0.25, 0.3) is 0 Å².